The summed E-state index contributed by atoms with van der Waals surface area (Å²) in [7, 11) is 1.83. The Morgan fingerprint density at radius 3 is 2.54 bits per heavy atom. The number of esters is 1. The highest BCUT2D eigenvalue weighted by molar-refractivity contribution is 5.89. The molecule has 0 heterocycles. The zero-order valence-electron chi connectivity index (χ0n) is 8.89. The van der Waals surface area contributed by atoms with Crippen molar-refractivity contribution < 1.29 is 9.53 Å². The normalized spacial score (nSPS) is 14.0. The van der Waals surface area contributed by atoms with Gasteiger partial charge in [0.25, 0.3) is 0 Å². The van der Waals surface area contributed by atoms with Crippen molar-refractivity contribution in [3.8, 4) is 0 Å². The van der Waals surface area contributed by atoms with Crippen molar-refractivity contribution in [2.45, 2.75) is 33.2 Å². The Morgan fingerprint density at radius 1 is 1.54 bits per heavy atom. The van der Waals surface area contributed by atoms with Crippen LogP contribution in [0.25, 0.3) is 0 Å². The molecule has 0 aromatic carbocycles. The van der Waals surface area contributed by atoms with Gasteiger partial charge in [0.05, 0.1) is 6.61 Å². The van der Waals surface area contributed by atoms with E-state index in [4.69, 9.17) is 4.74 Å². The highest BCUT2D eigenvalue weighted by atomic mass is 16.5. The summed E-state index contributed by atoms with van der Waals surface area (Å²) >= 11 is 0. The van der Waals surface area contributed by atoms with Gasteiger partial charge in [-0.2, -0.15) is 0 Å². The Labute approximate surface area is 80.2 Å². The van der Waals surface area contributed by atoms with E-state index in [1.807, 2.05) is 33.9 Å². The maximum Gasteiger partial charge on any atom is 0.335 e. The molecule has 0 aromatic heterocycles. The van der Waals surface area contributed by atoms with E-state index in [0.29, 0.717) is 12.2 Å². The summed E-state index contributed by atoms with van der Waals surface area (Å²) in [6.07, 6.45) is 2.75. The van der Waals surface area contributed by atoms with Gasteiger partial charge < -0.3 is 10.1 Å². The fourth-order valence-electron chi connectivity index (χ4n) is 1.03. The lowest BCUT2D eigenvalue weighted by Gasteiger charge is -2.13. The van der Waals surface area contributed by atoms with E-state index in [1.165, 1.54) is 0 Å². The van der Waals surface area contributed by atoms with Crippen LogP contribution in [0.5, 0.6) is 0 Å². The van der Waals surface area contributed by atoms with Crippen LogP contribution in [0.3, 0.4) is 0 Å². The van der Waals surface area contributed by atoms with Gasteiger partial charge in [-0.15, -0.1) is 0 Å². The van der Waals surface area contributed by atoms with Crippen LogP contribution in [0.15, 0.2) is 11.6 Å². The lowest BCUT2D eigenvalue weighted by molar-refractivity contribution is -0.138. The summed E-state index contributed by atoms with van der Waals surface area (Å²) in [6, 6.07) is 0.0546. The molecule has 3 nitrogen and oxygen atoms in total. The minimum Gasteiger partial charge on any atom is -0.463 e. The summed E-state index contributed by atoms with van der Waals surface area (Å²) in [5.74, 6) is -0.216. The van der Waals surface area contributed by atoms with E-state index in [0.717, 1.165) is 6.42 Å². The molecule has 0 saturated carbocycles. The zero-order chi connectivity index (χ0) is 10.3. The first-order valence-electron chi connectivity index (χ1n) is 4.71. The lowest BCUT2D eigenvalue weighted by Crippen LogP contribution is -2.29. The topological polar surface area (TPSA) is 38.3 Å². The fourth-order valence-corrected chi connectivity index (χ4v) is 1.03. The second kappa shape index (κ2) is 6.66. The number of ether oxygens (including phenoxy) is 1. The Hall–Kier alpha value is -0.830. The van der Waals surface area contributed by atoms with Crippen molar-refractivity contribution in [3.63, 3.8) is 0 Å². The maximum absolute atomic E-state index is 11.4. The third-order valence-electron chi connectivity index (χ3n) is 1.83. The quantitative estimate of drug-likeness (QED) is 0.521. The Bertz CT molecular complexity index is 187. The number of allylic oxidation sites excluding steroid dienone is 1. The van der Waals surface area contributed by atoms with Crippen LogP contribution in [0.1, 0.15) is 27.2 Å². The minimum absolute atomic E-state index is 0.0546. The molecule has 0 radical (unpaired) electrons. The average Bonchev–Trinajstić information content (AvgIpc) is 2.13. The van der Waals surface area contributed by atoms with E-state index in [1.54, 1.807) is 0 Å². The van der Waals surface area contributed by atoms with Crippen molar-refractivity contribution in [1.82, 2.24) is 5.32 Å². The molecule has 0 aromatic rings. The van der Waals surface area contributed by atoms with Gasteiger partial charge in [-0.05, 0) is 27.3 Å². The van der Waals surface area contributed by atoms with Crippen molar-refractivity contribution in [1.29, 1.82) is 0 Å². The average molecular weight is 185 g/mol. The first kappa shape index (κ1) is 12.2. The third kappa shape index (κ3) is 4.08. The van der Waals surface area contributed by atoms with Crippen LogP contribution < -0.4 is 5.32 Å². The first-order chi connectivity index (χ1) is 6.17. The molecule has 0 bridgehead atoms. The Kier molecular flexibility index (Phi) is 6.24. The molecule has 13 heavy (non-hydrogen) atoms. The molecule has 0 spiro atoms. The summed E-state index contributed by atoms with van der Waals surface area (Å²) in [5.41, 5.74) is 0.715. The molecule has 0 saturated heterocycles. The maximum atomic E-state index is 11.4. The number of carbonyl (C=O) groups excluding carboxylic acids is 1. The van der Waals surface area contributed by atoms with Gasteiger partial charge in [0.15, 0.2) is 0 Å². The molecular formula is C10H19NO2. The van der Waals surface area contributed by atoms with Gasteiger partial charge in [-0.1, -0.05) is 13.0 Å². The molecule has 0 rings (SSSR count). The molecule has 3 heteroatoms. The van der Waals surface area contributed by atoms with Crippen LogP contribution in [-0.4, -0.2) is 25.7 Å². The van der Waals surface area contributed by atoms with Gasteiger partial charge in [0, 0.05) is 11.6 Å². The van der Waals surface area contributed by atoms with Gasteiger partial charge in [0.1, 0.15) is 0 Å². The van der Waals surface area contributed by atoms with Gasteiger partial charge in [0.2, 0.25) is 0 Å². The van der Waals surface area contributed by atoms with Crippen molar-refractivity contribution >= 4 is 5.97 Å². The van der Waals surface area contributed by atoms with E-state index in [-0.39, 0.29) is 12.0 Å². The van der Waals surface area contributed by atoms with E-state index < -0.39 is 0 Å². The van der Waals surface area contributed by atoms with Gasteiger partial charge in [-0.25, -0.2) is 4.79 Å². The summed E-state index contributed by atoms with van der Waals surface area (Å²) in [6.45, 7) is 6.18. The van der Waals surface area contributed by atoms with E-state index >= 15 is 0 Å². The van der Waals surface area contributed by atoms with Crippen molar-refractivity contribution in [2.75, 3.05) is 13.7 Å². The predicted molar refractivity (Wildman–Crippen MR) is 53.5 cm³/mol. The highest BCUT2D eigenvalue weighted by Gasteiger charge is 2.15. The molecule has 0 amide bonds. The van der Waals surface area contributed by atoms with Crippen LogP contribution in [0, 0.1) is 0 Å². The molecule has 1 atom stereocenters. The fraction of sp³-hybridized carbons (Fsp3) is 0.700. The number of likely N-dealkylation sites (N-methyl/N-ethyl adjacent to an activating group) is 1. The molecule has 1 unspecified atom stereocenters. The first-order valence-corrected chi connectivity index (χ1v) is 4.71. The van der Waals surface area contributed by atoms with Gasteiger partial charge in [-0.3, -0.25) is 0 Å². The minimum atomic E-state index is -0.216. The smallest absolute Gasteiger partial charge is 0.335 e. The Balaban J connectivity index is 4.42. The largest absolute Gasteiger partial charge is 0.463 e. The Morgan fingerprint density at radius 2 is 2.15 bits per heavy atom. The van der Waals surface area contributed by atoms with Gasteiger partial charge >= 0.3 is 5.97 Å². The summed E-state index contributed by atoms with van der Waals surface area (Å²) in [5, 5.41) is 3.02. The molecule has 76 valence electrons. The van der Waals surface area contributed by atoms with E-state index in [9.17, 15) is 4.79 Å². The van der Waals surface area contributed by atoms with Crippen LogP contribution in [0.2, 0.25) is 0 Å². The molecule has 0 aliphatic carbocycles. The number of hydrogen-bond donors (Lipinski definition) is 1. The van der Waals surface area contributed by atoms with Crippen molar-refractivity contribution in [2.24, 2.45) is 0 Å². The predicted octanol–water partition coefficient (Wildman–Crippen LogP) is 1.49. The lowest BCUT2D eigenvalue weighted by atomic mass is 10.1. The monoisotopic (exact) mass is 185 g/mol. The highest BCUT2D eigenvalue weighted by Crippen LogP contribution is 2.05. The van der Waals surface area contributed by atoms with Crippen molar-refractivity contribution in [3.05, 3.63) is 11.6 Å². The number of carbonyl (C=O) groups is 1. The number of nitrogens with one attached hydrogen (secondary N) is 1. The second-order valence-corrected chi connectivity index (χ2v) is 2.80. The van der Waals surface area contributed by atoms with E-state index in [2.05, 4.69) is 5.32 Å². The molecule has 0 aliphatic heterocycles. The van der Waals surface area contributed by atoms with Crippen LogP contribution in [0.4, 0.5) is 0 Å². The van der Waals surface area contributed by atoms with Crippen LogP contribution >= 0.6 is 0 Å². The standard InChI is InChI=1S/C10H19NO2/c1-5-7-9(8(3)11-4)10(12)13-6-2/h7-8,11H,5-6H2,1-4H3. The molecule has 0 aliphatic rings. The molecule has 0 fully saturated rings. The second-order valence-electron chi connectivity index (χ2n) is 2.80. The number of rotatable bonds is 5. The molecular weight excluding hydrogens is 166 g/mol. The summed E-state index contributed by atoms with van der Waals surface area (Å²) in [4.78, 5) is 11.4. The summed E-state index contributed by atoms with van der Waals surface area (Å²) < 4.78 is 4.93. The third-order valence-corrected chi connectivity index (χ3v) is 1.83. The zero-order valence-corrected chi connectivity index (χ0v) is 8.89. The SMILES string of the molecule is CCC=C(C(=O)OCC)C(C)NC. The molecule has 1 N–H and O–H groups in total. The van der Waals surface area contributed by atoms with Crippen LogP contribution in [-0.2, 0) is 9.53 Å². The number of hydrogen-bond acceptors (Lipinski definition) is 3.